The molecule has 0 radical (unpaired) electrons. The van der Waals surface area contributed by atoms with E-state index in [4.69, 9.17) is 5.26 Å². The third-order valence-electron chi connectivity index (χ3n) is 1.85. The Morgan fingerprint density at radius 1 is 1.38 bits per heavy atom. The van der Waals surface area contributed by atoms with Gasteiger partial charge in [0.05, 0.1) is 0 Å². The number of aromatic nitrogens is 1. The summed E-state index contributed by atoms with van der Waals surface area (Å²) in [5.74, 6) is 0.0463. The molecule has 1 N–H and O–H groups in total. The van der Waals surface area contributed by atoms with Crippen LogP contribution in [0.15, 0.2) is 12.4 Å². The number of hydrogen-bond donors (Lipinski definition) is 1. The predicted octanol–water partition coefficient (Wildman–Crippen LogP) is 1.96. The summed E-state index contributed by atoms with van der Waals surface area (Å²) in [5, 5.41) is 18.3. The molecule has 0 atom stereocenters. The molecule has 0 amide bonds. The van der Waals surface area contributed by atoms with Crippen molar-refractivity contribution in [2.75, 3.05) is 0 Å². The van der Waals surface area contributed by atoms with E-state index in [1.807, 2.05) is 26.8 Å². The lowest BCUT2D eigenvalue weighted by molar-refractivity contribution is 0.443. The molecule has 68 valence electrons. The summed E-state index contributed by atoms with van der Waals surface area (Å²) in [6, 6.07) is 1.90. The van der Waals surface area contributed by atoms with Crippen molar-refractivity contribution in [2.45, 2.75) is 26.2 Å². The molecule has 0 unspecified atom stereocenters. The Kier molecular flexibility index (Phi) is 2.24. The molecule has 1 heterocycles. The van der Waals surface area contributed by atoms with Crippen molar-refractivity contribution >= 4 is 0 Å². The maximum absolute atomic E-state index is 9.66. The largest absolute Gasteiger partial charge is 0.506 e. The first kappa shape index (κ1) is 9.53. The zero-order chi connectivity index (χ0) is 10.1. The Balaban J connectivity index is 3.34. The molecule has 0 saturated carbocycles. The first-order valence-electron chi connectivity index (χ1n) is 4.04. The van der Waals surface area contributed by atoms with Crippen LogP contribution in [0.25, 0.3) is 0 Å². The van der Waals surface area contributed by atoms with Crippen LogP contribution in [0.4, 0.5) is 0 Å². The van der Waals surface area contributed by atoms with Crippen molar-refractivity contribution in [1.29, 1.82) is 5.26 Å². The van der Waals surface area contributed by atoms with Gasteiger partial charge in [0.2, 0.25) is 0 Å². The minimum Gasteiger partial charge on any atom is -0.506 e. The molecule has 0 aliphatic heterocycles. The Bertz CT molecular complexity index is 358. The molecule has 0 saturated heterocycles. The Hall–Kier alpha value is -1.56. The average Bonchev–Trinajstić information content (AvgIpc) is 2.02. The Morgan fingerprint density at radius 2 is 2.00 bits per heavy atom. The average molecular weight is 176 g/mol. The lowest BCUT2D eigenvalue weighted by Crippen LogP contribution is -2.12. The normalized spacial score (nSPS) is 10.9. The van der Waals surface area contributed by atoms with E-state index in [0.717, 1.165) is 0 Å². The highest BCUT2D eigenvalue weighted by Crippen LogP contribution is 2.31. The SMILES string of the molecule is CC(C)(C)c1cncc(C#N)c1O. The van der Waals surface area contributed by atoms with Crippen LogP contribution in [-0.4, -0.2) is 10.1 Å². The van der Waals surface area contributed by atoms with E-state index in [1.165, 1.54) is 6.20 Å². The zero-order valence-corrected chi connectivity index (χ0v) is 8.00. The third-order valence-corrected chi connectivity index (χ3v) is 1.85. The molecule has 13 heavy (non-hydrogen) atoms. The fraction of sp³-hybridized carbons (Fsp3) is 0.400. The van der Waals surface area contributed by atoms with Crippen LogP contribution in [-0.2, 0) is 5.41 Å². The van der Waals surface area contributed by atoms with Crippen molar-refractivity contribution in [1.82, 2.24) is 4.98 Å². The van der Waals surface area contributed by atoms with Crippen LogP contribution in [0.5, 0.6) is 5.75 Å². The van der Waals surface area contributed by atoms with Gasteiger partial charge in [-0.05, 0) is 5.41 Å². The maximum atomic E-state index is 9.66. The fourth-order valence-electron chi connectivity index (χ4n) is 1.08. The summed E-state index contributed by atoms with van der Waals surface area (Å²) >= 11 is 0. The van der Waals surface area contributed by atoms with E-state index in [0.29, 0.717) is 5.56 Å². The van der Waals surface area contributed by atoms with Gasteiger partial charge in [-0.25, -0.2) is 0 Å². The molecule has 0 bridgehead atoms. The lowest BCUT2D eigenvalue weighted by atomic mass is 9.87. The highest BCUT2D eigenvalue weighted by molar-refractivity contribution is 5.47. The Morgan fingerprint density at radius 3 is 2.46 bits per heavy atom. The molecular weight excluding hydrogens is 164 g/mol. The van der Waals surface area contributed by atoms with E-state index < -0.39 is 0 Å². The van der Waals surface area contributed by atoms with E-state index in [9.17, 15) is 5.11 Å². The van der Waals surface area contributed by atoms with Crippen molar-refractivity contribution in [3.05, 3.63) is 23.5 Å². The summed E-state index contributed by atoms with van der Waals surface area (Å²) in [6.07, 6.45) is 2.96. The smallest absolute Gasteiger partial charge is 0.140 e. The lowest BCUT2D eigenvalue weighted by Gasteiger charge is -2.19. The second-order valence-electron chi connectivity index (χ2n) is 3.95. The molecule has 0 aliphatic carbocycles. The molecule has 0 fully saturated rings. The minimum absolute atomic E-state index is 0.0463. The van der Waals surface area contributed by atoms with Gasteiger partial charge in [0.1, 0.15) is 17.4 Å². The molecule has 1 aromatic heterocycles. The van der Waals surface area contributed by atoms with Gasteiger partial charge in [0, 0.05) is 18.0 Å². The second-order valence-corrected chi connectivity index (χ2v) is 3.95. The number of nitriles is 1. The molecule has 0 aliphatic rings. The number of hydrogen-bond acceptors (Lipinski definition) is 3. The summed E-state index contributed by atoms with van der Waals surface area (Å²) in [7, 11) is 0. The topological polar surface area (TPSA) is 56.9 Å². The van der Waals surface area contributed by atoms with E-state index in [-0.39, 0.29) is 16.7 Å². The molecule has 3 nitrogen and oxygen atoms in total. The van der Waals surface area contributed by atoms with Crippen LogP contribution >= 0.6 is 0 Å². The fourth-order valence-corrected chi connectivity index (χ4v) is 1.08. The highest BCUT2D eigenvalue weighted by Gasteiger charge is 2.20. The van der Waals surface area contributed by atoms with Crippen LogP contribution < -0.4 is 0 Å². The van der Waals surface area contributed by atoms with Crippen LogP contribution in [0.1, 0.15) is 31.9 Å². The van der Waals surface area contributed by atoms with Gasteiger partial charge < -0.3 is 5.11 Å². The Labute approximate surface area is 77.7 Å². The quantitative estimate of drug-likeness (QED) is 0.657. The summed E-state index contributed by atoms with van der Waals surface area (Å²) < 4.78 is 0. The van der Waals surface area contributed by atoms with Gasteiger partial charge >= 0.3 is 0 Å². The van der Waals surface area contributed by atoms with E-state index >= 15 is 0 Å². The molecule has 1 rings (SSSR count). The molecule has 0 spiro atoms. The van der Waals surface area contributed by atoms with Crippen LogP contribution in [0, 0.1) is 11.3 Å². The molecule has 0 aromatic carbocycles. The van der Waals surface area contributed by atoms with Gasteiger partial charge in [-0.15, -0.1) is 0 Å². The van der Waals surface area contributed by atoms with Crippen molar-refractivity contribution in [3.8, 4) is 11.8 Å². The van der Waals surface area contributed by atoms with Crippen LogP contribution in [0.3, 0.4) is 0 Å². The van der Waals surface area contributed by atoms with Gasteiger partial charge in [-0.2, -0.15) is 5.26 Å². The standard InChI is InChI=1S/C10H12N2O/c1-10(2,3)8-6-12-5-7(4-11)9(8)13/h5-6H,1-3H3,(H,12,13). The highest BCUT2D eigenvalue weighted by atomic mass is 16.3. The van der Waals surface area contributed by atoms with Gasteiger partial charge in [-0.3, -0.25) is 4.98 Å². The number of rotatable bonds is 0. The predicted molar refractivity (Wildman–Crippen MR) is 49.3 cm³/mol. The van der Waals surface area contributed by atoms with Gasteiger partial charge in [0.15, 0.2) is 0 Å². The number of pyridine rings is 1. The van der Waals surface area contributed by atoms with E-state index in [2.05, 4.69) is 4.98 Å². The first-order chi connectivity index (χ1) is 5.96. The second kappa shape index (κ2) is 3.06. The molecule has 1 aromatic rings. The van der Waals surface area contributed by atoms with Gasteiger partial charge in [-0.1, -0.05) is 20.8 Å². The van der Waals surface area contributed by atoms with Crippen molar-refractivity contribution in [2.24, 2.45) is 0 Å². The van der Waals surface area contributed by atoms with Gasteiger partial charge in [0.25, 0.3) is 0 Å². The monoisotopic (exact) mass is 176 g/mol. The van der Waals surface area contributed by atoms with Crippen LogP contribution in [0.2, 0.25) is 0 Å². The summed E-state index contributed by atoms with van der Waals surface area (Å²) in [5.41, 5.74) is 0.739. The van der Waals surface area contributed by atoms with Crippen molar-refractivity contribution in [3.63, 3.8) is 0 Å². The molecular formula is C10H12N2O. The van der Waals surface area contributed by atoms with E-state index in [1.54, 1.807) is 6.20 Å². The third kappa shape index (κ3) is 1.78. The molecule has 3 heteroatoms. The zero-order valence-electron chi connectivity index (χ0n) is 8.00. The summed E-state index contributed by atoms with van der Waals surface area (Å²) in [6.45, 7) is 5.89. The maximum Gasteiger partial charge on any atom is 0.140 e. The first-order valence-corrected chi connectivity index (χ1v) is 4.04. The number of nitrogens with zero attached hydrogens (tertiary/aromatic N) is 2. The number of aromatic hydroxyl groups is 1. The van der Waals surface area contributed by atoms with Crippen molar-refractivity contribution < 1.29 is 5.11 Å². The minimum atomic E-state index is -0.191. The summed E-state index contributed by atoms with van der Waals surface area (Å²) in [4.78, 5) is 3.90.